The number of para-hydroxylation sites is 1. The van der Waals surface area contributed by atoms with Crippen LogP contribution in [0.25, 0.3) is 11.0 Å². The van der Waals surface area contributed by atoms with Crippen molar-refractivity contribution in [2.75, 3.05) is 0 Å². The molecule has 1 heterocycles. The van der Waals surface area contributed by atoms with Crippen LogP contribution in [-0.2, 0) is 12.4 Å². The third kappa shape index (κ3) is 2.51. The number of nitrogens with zero attached hydrogens (tertiary/aromatic N) is 3. The largest absolute Gasteiger partial charge is 0.322 e. The van der Waals surface area contributed by atoms with Crippen LogP contribution in [0.5, 0.6) is 0 Å². The maximum absolute atomic E-state index is 9.20. The Hall–Kier alpha value is -2.31. The fourth-order valence-electron chi connectivity index (χ4n) is 2.56. The van der Waals surface area contributed by atoms with Crippen molar-refractivity contribution in [3.05, 3.63) is 65.0 Å². The van der Waals surface area contributed by atoms with Crippen molar-refractivity contribution in [1.82, 2.24) is 9.55 Å². The quantitative estimate of drug-likeness (QED) is 0.685. The molecular formula is C17H14ClN3. The normalized spacial score (nSPS) is 10.7. The van der Waals surface area contributed by atoms with E-state index in [1.54, 1.807) is 6.07 Å². The fourth-order valence-corrected chi connectivity index (χ4v) is 2.76. The highest BCUT2D eigenvalue weighted by Gasteiger charge is 2.13. The SMILES string of the molecule is Cc1cccc(Cn2c(CCl)nc3c(C#N)cccc32)c1. The highest BCUT2D eigenvalue weighted by Crippen LogP contribution is 2.22. The molecular weight excluding hydrogens is 282 g/mol. The molecule has 3 nitrogen and oxygen atoms in total. The Morgan fingerprint density at radius 3 is 2.76 bits per heavy atom. The van der Waals surface area contributed by atoms with Crippen LogP contribution >= 0.6 is 11.6 Å². The highest BCUT2D eigenvalue weighted by atomic mass is 35.5. The molecule has 2 aromatic carbocycles. The summed E-state index contributed by atoms with van der Waals surface area (Å²) in [7, 11) is 0. The molecule has 0 saturated carbocycles. The van der Waals surface area contributed by atoms with Gasteiger partial charge in [-0.1, -0.05) is 35.9 Å². The Morgan fingerprint density at radius 1 is 1.24 bits per heavy atom. The van der Waals surface area contributed by atoms with E-state index in [0.29, 0.717) is 18.0 Å². The van der Waals surface area contributed by atoms with Gasteiger partial charge in [0.2, 0.25) is 0 Å². The summed E-state index contributed by atoms with van der Waals surface area (Å²) in [5, 5.41) is 9.20. The molecule has 0 saturated heterocycles. The molecule has 0 bridgehead atoms. The second-order valence-electron chi connectivity index (χ2n) is 5.02. The molecule has 21 heavy (non-hydrogen) atoms. The number of hydrogen-bond acceptors (Lipinski definition) is 2. The number of alkyl halides is 1. The van der Waals surface area contributed by atoms with E-state index in [-0.39, 0.29) is 0 Å². The summed E-state index contributed by atoms with van der Waals surface area (Å²) in [6.07, 6.45) is 0. The van der Waals surface area contributed by atoms with Gasteiger partial charge in [0.25, 0.3) is 0 Å². The molecule has 104 valence electrons. The Balaban J connectivity index is 2.15. The molecule has 0 amide bonds. The first-order valence-corrected chi connectivity index (χ1v) is 7.26. The number of aromatic nitrogens is 2. The number of imidazole rings is 1. The van der Waals surface area contributed by atoms with E-state index >= 15 is 0 Å². The lowest BCUT2D eigenvalue weighted by atomic mass is 10.1. The molecule has 0 atom stereocenters. The summed E-state index contributed by atoms with van der Waals surface area (Å²) in [5.41, 5.74) is 4.68. The molecule has 0 unspecified atom stereocenters. The number of benzene rings is 2. The van der Waals surface area contributed by atoms with E-state index in [1.165, 1.54) is 11.1 Å². The van der Waals surface area contributed by atoms with Crippen molar-refractivity contribution >= 4 is 22.6 Å². The molecule has 1 aromatic heterocycles. The Labute approximate surface area is 128 Å². The summed E-state index contributed by atoms with van der Waals surface area (Å²) in [5.74, 6) is 1.11. The smallest absolute Gasteiger partial charge is 0.125 e. The molecule has 3 rings (SSSR count). The predicted molar refractivity (Wildman–Crippen MR) is 84.3 cm³/mol. The average molecular weight is 296 g/mol. The van der Waals surface area contributed by atoms with Gasteiger partial charge in [0.1, 0.15) is 17.4 Å². The minimum atomic E-state index is 0.325. The van der Waals surface area contributed by atoms with Crippen molar-refractivity contribution in [2.24, 2.45) is 0 Å². The minimum Gasteiger partial charge on any atom is -0.322 e. The van der Waals surface area contributed by atoms with Gasteiger partial charge in [-0.15, -0.1) is 11.6 Å². The monoisotopic (exact) mass is 295 g/mol. The third-order valence-electron chi connectivity index (χ3n) is 3.52. The van der Waals surface area contributed by atoms with E-state index in [0.717, 1.165) is 16.9 Å². The Morgan fingerprint density at radius 2 is 2.05 bits per heavy atom. The number of halogens is 1. The first-order valence-electron chi connectivity index (χ1n) is 6.72. The zero-order chi connectivity index (χ0) is 14.8. The van der Waals surface area contributed by atoms with Gasteiger partial charge < -0.3 is 4.57 Å². The summed E-state index contributed by atoms with van der Waals surface area (Å²) in [6, 6.07) is 16.2. The second-order valence-corrected chi connectivity index (χ2v) is 5.29. The van der Waals surface area contributed by atoms with E-state index in [4.69, 9.17) is 11.6 Å². The van der Waals surface area contributed by atoms with Crippen LogP contribution in [0.4, 0.5) is 0 Å². The lowest BCUT2D eigenvalue weighted by Gasteiger charge is -2.08. The van der Waals surface area contributed by atoms with Gasteiger partial charge in [-0.3, -0.25) is 0 Å². The first-order chi connectivity index (χ1) is 10.2. The number of nitriles is 1. The molecule has 0 N–H and O–H groups in total. The van der Waals surface area contributed by atoms with E-state index < -0.39 is 0 Å². The molecule has 0 spiro atoms. The number of hydrogen-bond donors (Lipinski definition) is 0. The van der Waals surface area contributed by atoms with Crippen LogP contribution in [0.15, 0.2) is 42.5 Å². The fraction of sp³-hybridized carbons (Fsp3) is 0.176. The van der Waals surface area contributed by atoms with Crippen molar-refractivity contribution in [2.45, 2.75) is 19.3 Å². The zero-order valence-electron chi connectivity index (χ0n) is 11.7. The van der Waals surface area contributed by atoms with Crippen LogP contribution in [0.1, 0.15) is 22.5 Å². The molecule has 0 aliphatic carbocycles. The topological polar surface area (TPSA) is 41.6 Å². The third-order valence-corrected chi connectivity index (χ3v) is 3.76. The predicted octanol–water partition coefficient (Wildman–Crippen LogP) is 4.00. The van der Waals surface area contributed by atoms with Crippen molar-refractivity contribution in [3.63, 3.8) is 0 Å². The van der Waals surface area contributed by atoms with Gasteiger partial charge in [-0.2, -0.15) is 5.26 Å². The summed E-state index contributed by atoms with van der Waals surface area (Å²) < 4.78 is 2.08. The van der Waals surface area contributed by atoms with Crippen LogP contribution in [0.2, 0.25) is 0 Å². The van der Waals surface area contributed by atoms with Crippen LogP contribution < -0.4 is 0 Å². The lowest BCUT2D eigenvalue weighted by Crippen LogP contribution is -2.03. The highest BCUT2D eigenvalue weighted by molar-refractivity contribution is 6.16. The van der Waals surface area contributed by atoms with E-state index in [2.05, 4.69) is 40.7 Å². The van der Waals surface area contributed by atoms with Crippen LogP contribution in [-0.4, -0.2) is 9.55 Å². The second kappa shape index (κ2) is 5.59. The molecule has 0 aliphatic heterocycles. The van der Waals surface area contributed by atoms with Gasteiger partial charge in [-0.05, 0) is 24.6 Å². The Bertz CT molecular complexity index is 843. The summed E-state index contributed by atoms with van der Waals surface area (Å²) in [4.78, 5) is 4.53. The van der Waals surface area contributed by atoms with Crippen molar-refractivity contribution in [3.8, 4) is 6.07 Å². The minimum absolute atomic E-state index is 0.325. The van der Waals surface area contributed by atoms with Gasteiger partial charge in [0, 0.05) is 6.54 Å². The molecule has 0 aliphatic rings. The van der Waals surface area contributed by atoms with Crippen molar-refractivity contribution in [1.29, 1.82) is 5.26 Å². The summed E-state index contributed by atoms with van der Waals surface area (Å²) >= 11 is 6.03. The molecule has 0 radical (unpaired) electrons. The maximum atomic E-state index is 9.20. The number of rotatable bonds is 3. The average Bonchev–Trinajstić information content (AvgIpc) is 2.85. The summed E-state index contributed by atoms with van der Waals surface area (Å²) in [6.45, 7) is 2.78. The Kier molecular flexibility index (Phi) is 3.64. The van der Waals surface area contributed by atoms with Gasteiger partial charge >= 0.3 is 0 Å². The maximum Gasteiger partial charge on any atom is 0.125 e. The standard InChI is InChI=1S/C17H14ClN3/c1-12-4-2-5-13(8-12)11-21-15-7-3-6-14(10-19)17(15)20-16(21)9-18/h2-8H,9,11H2,1H3. The van der Waals surface area contributed by atoms with Crippen LogP contribution in [0, 0.1) is 18.3 Å². The van der Waals surface area contributed by atoms with E-state index in [1.807, 2.05) is 18.2 Å². The lowest BCUT2D eigenvalue weighted by molar-refractivity contribution is 0.778. The first kappa shape index (κ1) is 13.7. The van der Waals surface area contributed by atoms with E-state index in [9.17, 15) is 5.26 Å². The van der Waals surface area contributed by atoms with Crippen LogP contribution in [0.3, 0.4) is 0 Å². The van der Waals surface area contributed by atoms with Crippen molar-refractivity contribution < 1.29 is 0 Å². The molecule has 4 heteroatoms. The molecule has 3 aromatic rings. The van der Waals surface area contributed by atoms with Gasteiger partial charge in [0.05, 0.1) is 17.0 Å². The zero-order valence-corrected chi connectivity index (χ0v) is 12.4. The van der Waals surface area contributed by atoms with Gasteiger partial charge in [0.15, 0.2) is 0 Å². The number of aryl methyl sites for hydroxylation is 1. The molecule has 0 fully saturated rings. The van der Waals surface area contributed by atoms with Gasteiger partial charge in [-0.25, -0.2) is 4.98 Å². The number of fused-ring (bicyclic) bond motifs is 1.